The second-order valence-corrected chi connectivity index (χ2v) is 15.5. The molecule has 4 unspecified atom stereocenters. The summed E-state index contributed by atoms with van der Waals surface area (Å²) in [5.41, 5.74) is 0. The lowest BCUT2D eigenvalue weighted by Gasteiger charge is -2.29. The lowest BCUT2D eigenvalue weighted by atomic mass is 9.92. The second kappa shape index (κ2) is 33.2. The first-order valence-electron chi connectivity index (χ1n) is 19.8. The number of unbranched alkanes of at least 4 members (excludes halogenated alkanes) is 18. The molecule has 0 amide bonds. The van der Waals surface area contributed by atoms with Crippen LogP contribution in [0.15, 0.2) is 0 Å². The molecule has 0 aromatic carbocycles. The van der Waals surface area contributed by atoms with Gasteiger partial charge in [-0.25, -0.2) is 0 Å². The van der Waals surface area contributed by atoms with Gasteiger partial charge in [0.2, 0.25) is 0 Å². The third kappa shape index (κ3) is 27.6. The quantitative estimate of drug-likeness (QED) is 0.0668. The second-order valence-electron chi connectivity index (χ2n) is 13.9. The average molecular weight is 595 g/mol. The van der Waals surface area contributed by atoms with Gasteiger partial charge in [0, 0.05) is 10.5 Å². The van der Waals surface area contributed by atoms with Crippen LogP contribution in [0.1, 0.15) is 234 Å². The standard InChI is InChI=1S/C40H82S/c1-7-13-17-19-21-23-25-27-29-33-39(35-37(11-5)31-15-9-3)41-40(36-38(12-6)32-16-10-4)34-30-28-26-24-22-20-18-14-8-2/h37-40H,7-36H2,1-6H3. The smallest absolute Gasteiger partial charge is 0.00524 e. The Morgan fingerprint density at radius 1 is 0.317 bits per heavy atom. The van der Waals surface area contributed by atoms with Crippen molar-refractivity contribution in [1.29, 1.82) is 0 Å². The maximum Gasteiger partial charge on any atom is 0.00524 e. The van der Waals surface area contributed by atoms with Gasteiger partial charge < -0.3 is 0 Å². The molecule has 0 nitrogen and oxygen atoms in total. The highest BCUT2D eigenvalue weighted by molar-refractivity contribution is 8.00. The Hall–Kier alpha value is 0.350. The fourth-order valence-corrected chi connectivity index (χ4v) is 8.74. The third-order valence-electron chi connectivity index (χ3n) is 9.92. The minimum Gasteiger partial charge on any atom is -0.155 e. The molecule has 41 heavy (non-hydrogen) atoms. The van der Waals surface area contributed by atoms with Crippen LogP contribution in [0, 0.1) is 11.8 Å². The van der Waals surface area contributed by atoms with Gasteiger partial charge in [-0.2, -0.15) is 11.8 Å². The molecule has 0 aliphatic rings. The topological polar surface area (TPSA) is 0 Å². The first-order chi connectivity index (χ1) is 20.1. The van der Waals surface area contributed by atoms with Crippen LogP contribution in [0.2, 0.25) is 0 Å². The highest BCUT2D eigenvalue weighted by Crippen LogP contribution is 2.37. The molecule has 0 bridgehead atoms. The monoisotopic (exact) mass is 595 g/mol. The van der Waals surface area contributed by atoms with E-state index >= 15 is 0 Å². The summed E-state index contributed by atoms with van der Waals surface area (Å²) in [5.74, 6) is 1.92. The largest absolute Gasteiger partial charge is 0.155 e. The molecule has 0 radical (unpaired) electrons. The van der Waals surface area contributed by atoms with Gasteiger partial charge in [-0.05, 0) is 37.5 Å². The predicted octanol–water partition coefficient (Wildman–Crippen LogP) is 15.5. The van der Waals surface area contributed by atoms with E-state index in [0.29, 0.717) is 0 Å². The van der Waals surface area contributed by atoms with Crippen molar-refractivity contribution >= 4 is 11.8 Å². The lowest BCUT2D eigenvalue weighted by molar-refractivity contribution is 0.395. The molecule has 0 saturated carbocycles. The van der Waals surface area contributed by atoms with Gasteiger partial charge in [0.25, 0.3) is 0 Å². The highest BCUT2D eigenvalue weighted by atomic mass is 32.2. The number of rotatable bonds is 34. The Kier molecular flexibility index (Phi) is 33.5. The molecule has 0 spiro atoms. The summed E-state index contributed by atoms with van der Waals surface area (Å²) < 4.78 is 0. The minimum absolute atomic E-state index is 0.911. The van der Waals surface area contributed by atoms with Crippen LogP contribution in [-0.2, 0) is 0 Å². The number of hydrogen-bond donors (Lipinski definition) is 0. The van der Waals surface area contributed by atoms with E-state index in [1.807, 2.05) is 0 Å². The van der Waals surface area contributed by atoms with Crippen molar-refractivity contribution in [2.24, 2.45) is 11.8 Å². The zero-order valence-electron chi connectivity index (χ0n) is 29.9. The molecule has 4 atom stereocenters. The summed E-state index contributed by atoms with van der Waals surface area (Å²) in [6, 6.07) is 0. The van der Waals surface area contributed by atoms with Gasteiger partial charge in [-0.3, -0.25) is 0 Å². The summed E-state index contributed by atoms with van der Waals surface area (Å²) in [4.78, 5) is 0. The van der Waals surface area contributed by atoms with Crippen molar-refractivity contribution in [2.45, 2.75) is 245 Å². The van der Waals surface area contributed by atoms with Crippen LogP contribution in [-0.4, -0.2) is 10.5 Å². The molecular weight excluding hydrogens is 513 g/mol. The predicted molar refractivity (Wildman–Crippen MR) is 195 cm³/mol. The van der Waals surface area contributed by atoms with Gasteiger partial charge in [0.1, 0.15) is 0 Å². The van der Waals surface area contributed by atoms with Crippen molar-refractivity contribution in [2.75, 3.05) is 0 Å². The zero-order chi connectivity index (χ0) is 30.2. The van der Waals surface area contributed by atoms with Crippen molar-refractivity contribution in [3.05, 3.63) is 0 Å². The summed E-state index contributed by atoms with van der Waals surface area (Å²) in [6.45, 7) is 14.4. The van der Waals surface area contributed by atoms with Crippen molar-refractivity contribution < 1.29 is 0 Å². The molecule has 0 saturated heterocycles. The first-order valence-corrected chi connectivity index (χ1v) is 20.7. The molecule has 0 aliphatic carbocycles. The average Bonchev–Trinajstić information content (AvgIpc) is 2.99. The molecule has 0 rings (SSSR count). The van der Waals surface area contributed by atoms with Crippen molar-refractivity contribution in [1.82, 2.24) is 0 Å². The molecule has 0 aromatic heterocycles. The van der Waals surface area contributed by atoms with Gasteiger partial charge in [-0.15, -0.1) is 0 Å². The maximum atomic E-state index is 2.50. The van der Waals surface area contributed by atoms with Gasteiger partial charge >= 0.3 is 0 Å². The van der Waals surface area contributed by atoms with Crippen LogP contribution < -0.4 is 0 Å². The summed E-state index contributed by atoms with van der Waals surface area (Å²) in [6.07, 6.45) is 43.6. The molecule has 0 aliphatic heterocycles. The Morgan fingerprint density at radius 3 is 0.902 bits per heavy atom. The van der Waals surface area contributed by atoms with E-state index in [1.54, 1.807) is 0 Å². The van der Waals surface area contributed by atoms with E-state index in [0.717, 1.165) is 22.3 Å². The first kappa shape index (κ1) is 41.4. The van der Waals surface area contributed by atoms with Crippen LogP contribution in [0.4, 0.5) is 0 Å². The fourth-order valence-electron chi connectivity index (χ4n) is 6.83. The van der Waals surface area contributed by atoms with Crippen molar-refractivity contribution in [3.8, 4) is 0 Å². The van der Waals surface area contributed by atoms with E-state index in [1.165, 1.54) is 193 Å². The van der Waals surface area contributed by atoms with Crippen molar-refractivity contribution in [3.63, 3.8) is 0 Å². The summed E-state index contributed by atoms with van der Waals surface area (Å²) >= 11 is 2.50. The van der Waals surface area contributed by atoms with Gasteiger partial charge in [0.05, 0.1) is 0 Å². The Labute approximate surface area is 267 Å². The molecule has 0 N–H and O–H groups in total. The van der Waals surface area contributed by atoms with E-state index < -0.39 is 0 Å². The fraction of sp³-hybridized carbons (Fsp3) is 1.00. The molecule has 1 heteroatoms. The van der Waals surface area contributed by atoms with Gasteiger partial charge in [0.15, 0.2) is 0 Å². The molecule has 0 heterocycles. The molecular formula is C40H82S. The van der Waals surface area contributed by atoms with Crippen LogP contribution in [0.5, 0.6) is 0 Å². The highest BCUT2D eigenvalue weighted by Gasteiger charge is 2.22. The Morgan fingerprint density at radius 2 is 0.610 bits per heavy atom. The zero-order valence-corrected chi connectivity index (χ0v) is 30.7. The molecule has 0 aromatic rings. The third-order valence-corrected chi connectivity index (χ3v) is 11.5. The van der Waals surface area contributed by atoms with Crippen LogP contribution in [0.3, 0.4) is 0 Å². The summed E-state index contributed by atoms with van der Waals surface area (Å²) in [5, 5.41) is 1.82. The summed E-state index contributed by atoms with van der Waals surface area (Å²) in [7, 11) is 0. The normalized spacial score (nSPS) is 14.8. The van der Waals surface area contributed by atoms with Gasteiger partial charge in [-0.1, -0.05) is 208 Å². The number of hydrogen-bond acceptors (Lipinski definition) is 1. The number of thioether (sulfide) groups is 1. The Balaban J connectivity index is 4.96. The van der Waals surface area contributed by atoms with E-state index in [4.69, 9.17) is 0 Å². The van der Waals surface area contributed by atoms with E-state index in [9.17, 15) is 0 Å². The SMILES string of the molecule is CCCCCCCCCCCC(CC(CC)CCCC)SC(CCCCCCCCCCC)CC(CC)CCCC. The molecule has 0 fully saturated rings. The van der Waals surface area contributed by atoms with Crippen LogP contribution >= 0.6 is 11.8 Å². The van der Waals surface area contributed by atoms with E-state index in [2.05, 4.69) is 53.3 Å². The van der Waals surface area contributed by atoms with Crippen LogP contribution in [0.25, 0.3) is 0 Å². The molecule has 248 valence electrons. The van der Waals surface area contributed by atoms with E-state index in [-0.39, 0.29) is 0 Å². The lowest BCUT2D eigenvalue weighted by Crippen LogP contribution is -2.18. The Bertz CT molecular complexity index is 431. The minimum atomic E-state index is 0.911. The maximum absolute atomic E-state index is 2.50.